The Balaban J connectivity index is 1.62. The van der Waals surface area contributed by atoms with E-state index in [1.807, 2.05) is 18.2 Å². The fourth-order valence-corrected chi connectivity index (χ4v) is 6.09. The van der Waals surface area contributed by atoms with Gasteiger partial charge in [-0.25, -0.2) is 13.1 Å². The van der Waals surface area contributed by atoms with Gasteiger partial charge in [0.25, 0.3) is 0 Å². The van der Waals surface area contributed by atoms with Crippen LogP contribution in [0.1, 0.15) is 37.7 Å². The predicted molar refractivity (Wildman–Crippen MR) is 113 cm³/mol. The molecule has 6 heteroatoms. The molecular formula is C23H28N2O3S. The van der Waals surface area contributed by atoms with Gasteiger partial charge in [0.05, 0.1) is 10.8 Å². The number of carbonyl (C=O) groups is 1. The SMILES string of the molecule is CC1CCC2NC(=O)C(CNS(=O)(=O)c3ccccc3)C(c3ccccc3)C2C1. The highest BCUT2D eigenvalue weighted by Crippen LogP contribution is 2.45. The van der Waals surface area contributed by atoms with Crippen LogP contribution in [0.2, 0.25) is 0 Å². The highest BCUT2D eigenvalue weighted by molar-refractivity contribution is 7.89. The second-order valence-electron chi connectivity index (χ2n) is 8.41. The molecule has 0 aromatic heterocycles. The first-order valence-corrected chi connectivity index (χ1v) is 11.8. The molecule has 1 saturated heterocycles. The summed E-state index contributed by atoms with van der Waals surface area (Å²) in [6.07, 6.45) is 3.16. The van der Waals surface area contributed by atoms with Crippen molar-refractivity contribution in [2.75, 3.05) is 6.54 Å². The molecule has 5 nitrogen and oxygen atoms in total. The Hall–Kier alpha value is -2.18. The summed E-state index contributed by atoms with van der Waals surface area (Å²) >= 11 is 0. The van der Waals surface area contributed by atoms with E-state index in [0.717, 1.165) is 24.8 Å². The van der Waals surface area contributed by atoms with Gasteiger partial charge in [-0.1, -0.05) is 55.5 Å². The Bertz CT molecular complexity index is 947. The minimum atomic E-state index is -3.66. The monoisotopic (exact) mass is 412 g/mol. The summed E-state index contributed by atoms with van der Waals surface area (Å²) < 4.78 is 28.1. The number of piperidine rings is 1. The highest BCUT2D eigenvalue weighted by Gasteiger charge is 2.46. The average molecular weight is 413 g/mol. The molecule has 2 fully saturated rings. The van der Waals surface area contributed by atoms with Gasteiger partial charge in [0.2, 0.25) is 15.9 Å². The van der Waals surface area contributed by atoms with E-state index in [1.165, 1.54) is 0 Å². The first kappa shape index (κ1) is 20.1. The lowest BCUT2D eigenvalue weighted by molar-refractivity contribution is -0.131. The van der Waals surface area contributed by atoms with Crippen molar-refractivity contribution < 1.29 is 13.2 Å². The number of nitrogens with one attached hydrogen (secondary N) is 2. The van der Waals surface area contributed by atoms with Gasteiger partial charge < -0.3 is 5.32 Å². The van der Waals surface area contributed by atoms with Crippen LogP contribution in [0, 0.1) is 17.8 Å². The number of fused-ring (bicyclic) bond motifs is 1. The zero-order valence-corrected chi connectivity index (χ0v) is 17.4. The van der Waals surface area contributed by atoms with E-state index in [-0.39, 0.29) is 29.3 Å². The number of carbonyl (C=O) groups excluding carboxylic acids is 1. The molecular weight excluding hydrogens is 384 g/mol. The summed E-state index contributed by atoms with van der Waals surface area (Å²) in [7, 11) is -3.66. The maximum absolute atomic E-state index is 13.0. The van der Waals surface area contributed by atoms with Gasteiger partial charge in [-0.3, -0.25) is 4.79 Å². The minimum Gasteiger partial charge on any atom is -0.353 e. The van der Waals surface area contributed by atoms with E-state index in [1.54, 1.807) is 30.3 Å². The van der Waals surface area contributed by atoms with Gasteiger partial charge in [-0.05, 0) is 48.8 Å². The number of rotatable bonds is 5. The second kappa shape index (κ2) is 8.28. The van der Waals surface area contributed by atoms with E-state index in [9.17, 15) is 13.2 Å². The van der Waals surface area contributed by atoms with Crippen molar-refractivity contribution in [1.82, 2.24) is 10.0 Å². The Morgan fingerprint density at radius 2 is 1.66 bits per heavy atom. The van der Waals surface area contributed by atoms with Crippen molar-refractivity contribution in [3.05, 3.63) is 66.2 Å². The van der Waals surface area contributed by atoms with E-state index < -0.39 is 15.9 Å². The van der Waals surface area contributed by atoms with Gasteiger partial charge in [0.15, 0.2) is 0 Å². The summed E-state index contributed by atoms with van der Waals surface area (Å²) in [6.45, 7) is 2.36. The third-order valence-corrected chi connectivity index (χ3v) is 7.89. The van der Waals surface area contributed by atoms with E-state index >= 15 is 0 Å². The van der Waals surface area contributed by atoms with Crippen molar-refractivity contribution in [3.63, 3.8) is 0 Å². The van der Waals surface area contributed by atoms with Gasteiger partial charge in [-0.2, -0.15) is 0 Å². The lowest BCUT2D eigenvalue weighted by Gasteiger charge is -2.47. The van der Waals surface area contributed by atoms with Crippen LogP contribution in [0.4, 0.5) is 0 Å². The Labute approximate surface area is 173 Å². The normalized spacial score (nSPS) is 29.7. The maximum atomic E-state index is 13.0. The van der Waals surface area contributed by atoms with Crippen LogP contribution < -0.4 is 10.0 Å². The minimum absolute atomic E-state index is 0.0103. The maximum Gasteiger partial charge on any atom is 0.240 e. The van der Waals surface area contributed by atoms with E-state index in [4.69, 9.17) is 0 Å². The fraction of sp³-hybridized carbons (Fsp3) is 0.435. The lowest BCUT2D eigenvalue weighted by atomic mass is 9.64. The van der Waals surface area contributed by atoms with Gasteiger partial charge >= 0.3 is 0 Å². The molecule has 1 amide bonds. The third-order valence-electron chi connectivity index (χ3n) is 6.45. The number of benzene rings is 2. The summed E-state index contributed by atoms with van der Waals surface area (Å²) in [5.41, 5.74) is 1.12. The largest absolute Gasteiger partial charge is 0.353 e. The lowest BCUT2D eigenvalue weighted by Crippen LogP contribution is -2.57. The summed E-state index contributed by atoms with van der Waals surface area (Å²) in [5, 5.41) is 3.19. The number of hydrogen-bond acceptors (Lipinski definition) is 3. The van der Waals surface area contributed by atoms with Crippen molar-refractivity contribution in [3.8, 4) is 0 Å². The van der Waals surface area contributed by atoms with E-state index in [0.29, 0.717) is 11.8 Å². The molecule has 29 heavy (non-hydrogen) atoms. The highest BCUT2D eigenvalue weighted by atomic mass is 32.2. The van der Waals surface area contributed by atoms with Crippen molar-refractivity contribution >= 4 is 15.9 Å². The summed E-state index contributed by atoms with van der Waals surface area (Å²) in [4.78, 5) is 13.2. The summed E-state index contributed by atoms with van der Waals surface area (Å²) in [5.74, 6) is 0.466. The Morgan fingerprint density at radius 3 is 2.34 bits per heavy atom. The molecule has 0 spiro atoms. The molecule has 2 aliphatic rings. The molecule has 2 aromatic rings. The van der Waals surface area contributed by atoms with Crippen LogP contribution >= 0.6 is 0 Å². The molecule has 0 radical (unpaired) electrons. The van der Waals surface area contributed by atoms with Crippen LogP contribution in [0.15, 0.2) is 65.6 Å². The molecule has 5 unspecified atom stereocenters. The standard InChI is InChI=1S/C23H28N2O3S/c1-16-12-13-21-19(14-16)22(17-8-4-2-5-9-17)20(23(26)25-21)15-24-29(27,28)18-10-6-3-7-11-18/h2-11,16,19-22,24H,12-15H2,1H3,(H,25,26). The zero-order valence-electron chi connectivity index (χ0n) is 16.6. The molecule has 5 atom stereocenters. The van der Waals surface area contributed by atoms with Crippen molar-refractivity contribution in [2.24, 2.45) is 17.8 Å². The first-order valence-electron chi connectivity index (χ1n) is 10.4. The van der Waals surface area contributed by atoms with Crippen LogP contribution in [0.5, 0.6) is 0 Å². The predicted octanol–water partition coefficient (Wildman–Crippen LogP) is 3.30. The number of hydrogen-bond donors (Lipinski definition) is 2. The van der Waals surface area contributed by atoms with Crippen LogP contribution in [-0.4, -0.2) is 26.9 Å². The van der Waals surface area contributed by atoms with Gasteiger partial charge in [0.1, 0.15) is 0 Å². The smallest absolute Gasteiger partial charge is 0.240 e. The molecule has 1 aliphatic heterocycles. The molecule has 1 aliphatic carbocycles. The second-order valence-corrected chi connectivity index (χ2v) is 10.2. The quantitative estimate of drug-likeness (QED) is 0.791. The molecule has 4 rings (SSSR count). The topological polar surface area (TPSA) is 75.3 Å². The van der Waals surface area contributed by atoms with E-state index in [2.05, 4.69) is 29.1 Å². The zero-order chi connectivity index (χ0) is 20.4. The molecule has 154 valence electrons. The molecule has 1 saturated carbocycles. The van der Waals surface area contributed by atoms with Gasteiger partial charge in [-0.15, -0.1) is 0 Å². The molecule has 0 bridgehead atoms. The molecule has 2 N–H and O–H groups in total. The van der Waals surface area contributed by atoms with Gasteiger partial charge in [0, 0.05) is 18.5 Å². The average Bonchev–Trinajstić information content (AvgIpc) is 2.73. The Kier molecular flexibility index (Phi) is 5.74. The third kappa shape index (κ3) is 4.23. The fourth-order valence-electron chi connectivity index (χ4n) is 5.01. The molecule has 2 aromatic carbocycles. The van der Waals surface area contributed by atoms with Crippen molar-refractivity contribution in [1.29, 1.82) is 0 Å². The molecule has 1 heterocycles. The number of amides is 1. The van der Waals surface area contributed by atoms with Crippen LogP contribution in [0.3, 0.4) is 0 Å². The number of sulfonamides is 1. The first-order chi connectivity index (χ1) is 14.0. The Morgan fingerprint density at radius 1 is 1.00 bits per heavy atom. The summed E-state index contributed by atoms with van der Waals surface area (Å²) in [6, 6.07) is 18.6. The van der Waals surface area contributed by atoms with Crippen LogP contribution in [-0.2, 0) is 14.8 Å². The van der Waals surface area contributed by atoms with Crippen molar-refractivity contribution in [2.45, 2.75) is 43.0 Å². The van der Waals surface area contributed by atoms with Crippen LogP contribution in [0.25, 0.3) is 0 Å².